The number of nitro benzene ring substituents is 1. The lowest BCUT2D eigenvalue weighted by Gasteiger charge is -2.10. The molecule has 21 heavy (non-hydrogen) atoms. The number of nitro groups is 1. The van der Waals surface area contributed by atoms with E-state index in [1.165, 1.54) is 6.07 Å². The average Bonchev–Trinajstić information content (AvgIpc) is 2.42. The summed E-state index contributed by atoms with van der Waals surface area (Å²) in [4.78, 5) is 10.4. The fraction of sp³-hybridized carbons (Fsp3) is 0.200. The van der Waals surface area contributed by atoms with E-state index in [-0.39, 0.29) is 5.69 Å². The van der Waals surface area contributed by atoms with Crippen molar-refractivity contribution < 1.29 is 9.66 Å². The Morgan fingerprint density at radius 3 is 2.62 bits per heavy atom. The highest BCUT2D eigenvalue weighted by Gasteiger charge is 2.12. The number of rotatable bonds is 5. The van der Waals surface area contributed by atoms with Crippen molar-refractivity contribution in [2.24, 2.45) is 0 Å². The van der Waals surface area contributed by atoms with E-state index >= 15 is 0 Å². The van der Waals surface area contributed by atoms with E-state index in [1.54, 1.807) is 19.1 Å². The Labute approximate surface area is 131 Å². The van der Waals surface area contributed by atoms with E-state index in [0.29, 0.717) is 17.1 Å². The molecule has 0 aliphatic heterocycles. The molecule has 0 amide bonds. The van der Waals surface area contributed by atoms with Crippen LogP contribution in [-0.4, -0.2) is 12.0 Å². The number of halogens is 1. The van der Waals surface area contributed by atoms with Crippen molar-refractivity contribution in [3.05, 3.63) is 62.1 Å². The molecular formula is C15H15BrN2O3. The highest BCUT2D eigenvalue weighted by Crippen LogP contribution is 2.32. The summed E-state index contributed by atoms with van der Waals surface area (Å²) in [6, 6.07) is 10.5. The highest BCUT2D eigenvalue weighted by atomic mass is 79.9. The summed E-state index contributed by atoms with van der Waals surface area (Å²) >= 11 is 3.47. The number of ether oxygens (including phenoxy) is 1. The van der Waals surface area contributed by atoms with Crippen LogP contribution in [0.5, 0.6) is 11.5 Å². The Hall–Kier alpha value is -1.92. The average molecular weight is 351 g/mol. The van der Waals surface area contributed by atoms with Gasteiger partial charge in [-0.3, -0.25) is 10.1 Å². The van der Waals surface area contributed by atoms with Crippen LogP contribution in [0.3, 0.4) is 0 Å². The van der Waals surface area contributed by atoms with Gasteiger partial charge in [0.1, 0.15) is 11.5 Å². The van der Waals surface area contributed by atoms with Gasteiger partial charge in [0, 0.05) is 18.2 Å². The summed E-state index contributed by atoms with van der Waals surface area (Å²) in [5, 5.41) is 13.9. The van der Waals surface area contributed by atoms with Crippen molar-refractivity contribution in [3.63, 3.8) is 0 Å². The van der Waals surface area contributed by atoms with Gasteiger partial charge < -0.3 is 10.1 Å². The number of nitrogens with one attached hydrogen (secondary N) is 1. The number of hydrogen-bond acceptors (Lipinski definition) is 4. The number of benzene rings is 2. The molecule has 0 bridgehead atoms. The van der Waals surface area contributed by atoms with Gasteiger partial charge >= 0.3 is 0 Å². The molecule has 2 rings (SSSR count). The number of nitrogens with zero attached hydrogens (tertiary/aromatic N) is 1. The smallest absolute Gasteiger partial charge is 0.272 e. The van der Waals surface area contributed by atoms with Crippen LogP contribution in [0, 0.1) is 17.0 Å². The highest BCUT2D eigenvalue weighted by molar-refractivity contribution is 9.10. The standard InChI is InChI=1S/C15H15BrN2O3/c1-10-7-12(4-5-14(10)18(19)20)21-15-6-3-11(9-17-2)8-13(15)16/h3-8,17H,9H2,1-2H3. The van der Waals surface area contributed by atoms with Crippen molar-refractivity contribution in [2.75, 3.05) is 7.05 Å². The third kappa shape index (κ3) is 3.80. The normalized spacial score (nSPS) is 10.4. The van der Waals surface area contributed by atoms with Crippen LogP contribution >= 0.6 is 15.9 Å². The fourth-order valence-electron chi connectivity index (χ4n) is 1.96. The van der Waals surface area contributed by atoms with Crippen LogP contribution in [0.15, 0.2) is 40.9 Å². The lowest BCUT2D eigenvalue weighted by atomic mass is 10.2. The van der Waals surface area contributed by atoms with Crippen LogP contribution < -0.4 is 10.1 Å². The van der Waals surface area contributed by atoms with Crippen molar-refractivity contribution >= 4 is 21.6 Å². The van der Waals surface area contributed by atoms with E-state index in [1.807, 2.05) is 25.2 Å². The monoisotopic (exact) mass is 350 g/mol. The molecule has 0 radical (unpaired) electrons. The van der Waals surface area contributed by atoms with Gasteiger partial charge in [-0.1, -0.05) is 6.07 Å². The molecule has 2 aromatic rings. The molecule has 0 saturated carbocycles. The fourth-order valence-corrected chi connectivity index (χ4v) is 2.47. The summed E-state index contributed by atoms with van der Waals surface area (Å²) in [5.41, 5.74) is 1.79. The van der Waals surface area contributed by atoms with Gasteiger partial charge in [-0.2, -0.15) is 0 Å². The SMILES string of the molecule is CNCc1ccc(Oc2ccc([N+](=O)[O-])c(C)c2)c(Br)c1. The number of hydrogen-bond donors (Lipinski definition) is 1. The van der Waals surface area contributed by atoms with Gasteiger partial charge in [0.25, 0.3) is 5.69 Å². The zero-order valence-electron chi connectivity index (χ0n) is 11.7. The quantitative estimate of drug-likeness (QED) is 0.648. The predicted octanol–water partition coefficient (Wildman–Crippen LogP) is 4.18. The molecule has 0 atom stereocenters. The van der Waals surface area contributed by atoms with Crippen LogP contribution in [0.25, 0.3) is 0 Å². The second-order valence-electron chi connectivity index (χ2n) is 4.60. The lowest BCUT2D eigenvalue weighted by Crippen LogP contribution is -2.04. The van der Waals surface area contributed by atoms with Crippen LogP contribution in [0.4, 0.5) is 5.69 Å². The Morgan fingerprint density at radius 2 is 2.05 bits per heavy atom. The second kappa shape index (κ2) is 6.69. The minimum absolute atomic E-state index is 0.0887. The Morgan fingerprint density at radius 1 is 1.29 bits per heavy atom. The van der Waals surface area contributed by atoms with Gasteiger partial charge in [0.15, 0.2) is 0 Å². The van der Waals surface area contributed by atoms with Crippen LogP contribution in [-0.2, 0) is 6.54 Å². The largest absolute Gasteiger partial charge is 0.456 e. The molecule has 0 heterocycles. The molecule has 0 aromatic heterocycles. The van der Waals surface area contributed by atoms with Gasteiger partial charge in [-0.25, -0.2) is 0 Å². The van der Waals surface area contributed by atoms with Gasteiger partial charge in [0.2, 0.25) is 0 Å². The Balaban J connectivity index is 2.22. The van der Waals surface area contributed by atoms with E-state index in [0.717, 1.165) is 16.6 Å². The summed E-state index contributed by atoms with van der Waals surface area (Å²) in [7, 11) is 1.89. The molecule has 6 heteroatoms. The first-order chi connectivity index (χ1) is 10.0. The van der Waals surface area contributed by atoms with Gasteiger partial charge in [-0.05, 0) is 59.7 Å². The van der Waals surface area contributed by atoms with Crippen molar-refractivity contribution in [1.82, 2.24) is 5.32 Å². The predicted molar refractivity (Wildman–Crippen MR) is 84.8 cm³/mol. The van der Waals surface area contributed by atoms with Crippen molar-refractivity contribution in [3.8, 4) is 11.5 Å². The molecule has 0 aliphatic rings. The van der Waals surface area contributed by atoms with E-state index in [2.05, 4.69) is 21.2 Å². The first-order valence-electron chi connectivity index (χ1n) is 6.37. The van der Waals surface area contributed by atoms with Crippen LogP contribution in [0.1, 0.15) is 11.1 Å². The van der Waals surface area contributed by atoms with E-state index < -0.39 is 4.92 Å². The zero-order chi connectivity index (χ0) is 15.4. The summed E-state index contributed by atoms with van der Waals surface area (Å²) in [6.45, 7) is 2.46. The summed E-state index contributed by atoms with van der Waals surface area (Å²) < 4.78 is 6.61. The topological polar surface area (TPSA) is 64.4 Å². The molecule has 0 fully saturated rings. The third-order valence-corrected chi connectivity index (χ3v) is 3.59. The molecule has 0 saturated heterocycles. The van der Waals surface area contributed by atoms with E-state index in [9.17, 15) is 10.1 Å². The Bertz CT molecular complexity index is 674. The molecule has 0 spiro atoms. The minimum Gasteiger partial charge on any atom is -0.456 e. The summed E-state index contributed by atoms with van der Waals surface area (Å²) in [6.07, 6.45) is 0. The van der Waals surface area contributed by atoms with Crippen molar-refractivity contribution in [1.29, 1.82) is 0 Å². The molecule has 1 N–H and O–H groups in total. The molecule has 0 unspecified atom stereocenters. The maximum atomic E-state index is 10.8. The minimum atomic E-state index is -0.401. The molecular weight excluding hydrogens is 336 g/mol. The zero-order valence-corrected chi connectivity index (χ0v) is 13.3. The number of aryl methyl sites for hydroxylation is 1. The molecule has 0 aliphatic carbocycles. The maximum absolute atomic E-state index is 10.8. The third-order valence-electron chi connectivity index (χ3n) is 2.97. The molecule has 5 nitrogen and oxygen atoms in total. The van der Waals surface area contributed by atoms with Gasteiger partial charge in [-0.15, -0.1) is 0 Å². The summed E-state index contributed by atoms with van der Waals surface area (Å²) in [5.74, 6) is 1.24. The molecule has 2 aromatic carbocycles. The maximum Gasteiger partial charge on any atom is 0.272 e. The molecule has 110 valence electrons. The van der Waals surface area contributed by atoms with Gasteiger partial charge in [0.05, 0.1) is 9.40 Å². The second-order valence-corrected chi connectivity index (χ2v) is 5.46. The Kier molecular flexibility index (Phi) is 4.93. The lowest BCUT2D eigenvalue weighted by molar-refractivity contribution is -0.385. The van der Waals surface area contributed by atoms with E-state index in [4.69, 9.17) is 4.74 Å². The first-order valence-corrected chi connectivity index (χ1v) is 7.16. The van der Waals surface area contributed by atoms with Crippen molar-refractivity contribution in [2.45, 2.75) is 13.5 Å². The van der Waals surface area contributed by atoms with Crippen LogP contribution in [0.2, 0.25) is 0 Å². The first kappa shape index (κ1) is 15.5.